The standard InChI is InChI=1S/C34H21NO3/c1-34(20-10-3-2-4-11-20)25-15-6-8-17-28(25)38-33-26(34)19-18-24-30(33)35-27-16-7-5-12-21(27)31(36)22-13-9-14-23(29(22)35)32(24)37/h2-19H,1H3. The van der Waals surface area contributed by atoms with E-state index in [4.69, 9.17) is 4.74 Å². The Kier molecular flexibility index (Phi) is 4.06. The summed E-state index contributed by atoms with van der Waals surface area (Å²) in [6, 6.07) is 35.4. The first-order chi connectivity index (χ1) is 18.6. The number of nitrogens with zero attached hydrogens (tertiary/aromatic N) is 1. The zero-order valence-electron chi connectivity index (χ0n) is 20.6. The van der Waals surface area contributed by atoms with Gasteiger partial charge in [-0.25, -0.2) is 0 Å². The van der Waals surface area contributed by atoms with Crippen LogP contribution in [0.15, 0.2) is 119 Å². The number of hydrogen-bond donors (Lipinski definition) is 0. The second-order valence-electron chi connectivity index (χ2n) is 10.1. The molecule has 1 atom stereocenters. The Bertz CT molecular complexity index is 2200. The van der Waals surface area contributed by atoms with Crippen LogP contribution >= 0.6 is 0 Å². The molecule has 0 amide bonds. The van der Waals surface area contributed by atoms with E-state index in [-0.39, 0.29) is 10.9 Å². The fourth-order valence-electron chi connectivity index (χ4n) is 6.43. The molecule has 8 rings (SSSR count). The van der Waals surface area contributed by atoms with Crippen LogP contribution in [0.2, 0.25) is 0 Å². The van der Waals surface area contributed by atoms with E-state index in [1.54, 1.807) is 6.07 Å². The lowest BCUT2D eigenvalue weighted by Crippen LogP contribution is -2.30. The van der Waals surface area contributed by atoms with E-state index in [0.29, 0.717) is 38.3 Å². The molecular weight excluding hydrogens is 470 g/mol. The van der Waals surface area contributed by atoms with Gasteiger partial charge >= 0.3 is 0 Å². The van der Waals surface area contributed by atoms with E-state index in [1.165, 1.54) is 0 Å². The highest BCUT2D eigenvalue weighted by atomic mass is 16.5. The van der Waals surface area contributed by atoms with Crippen LogP contribution in [0.1, 0.15) is 23.6 Å². The monoisotopic (exact) mass is 491 g/mol. The molecule has 1 aliphatic heterocycles. The third-order valence-corrected chi connectivity index (χ3v) is 8.27. The second kappa shape index (κ2) is 7.30. The van der Waals surface area contributed by atoms with Gasteiger partial charge in [0, 0.05) is 32.7 Å². The van der Waals surface area contributed by atoms with Gasteiger partial charge in [-0.2, -0.15) is 0 Å². The molecule has 180 valence electrons. The SMILES string of the molecule is CC1(c2ccccc2)c2ccccc2Oc2c1ccc1c(=O)c3cccc4c(=O)c5ccccc5n(c21)c43. The van der Waals surface area contributed by atoms with Crippen LogP contribution in [0.4, 0.5) is 0 Å². The quantitative estimate of drug-likeness (QED) is 0.183. The fraction of sp³-hybridized carbons (Fsp3) is 0.0588. The van der Waals surface area contributed by atoms with Crippen LogP contribution in [0.3, 0.4) is 0 Å². The third-order valence-electron chi connectivity index (χ3n) is 8.27. The average molecular weight is 492 g/mol. The minimum absolute atomic E-state index is 0.0739. The number of aromatic nitrogens is 1. The Hall–Kier alpha value is -4.96. The molecule has 2 aromatic heterocycles. The number of para-hydroxylation sites is 3. The van der Waals surface area contributed by atoms with Crippen molar-refractivity contribution in [2.45, 2.75) is 12.3 Å². The summed E-state index contributed by atoms with van der Waals surface area (Å²) in [6.07, 6.45) is 0. The van der Waals surface area contributed by atoms with Crippen molar-refractivity contribution in [3.05, 3.63) is 146 Å². The van der Waals surface area contributed by atoms with E-state index in [1.807, 2.05) is 72.8 Å². The fourth-order valence-corrected chi connectivity index (χ4v) is 6.43. The summed E-state index contributed by atoms with van der Waals surface area (Å²) in [5.74, 6) is 1.40. The van der Waals surface area contributed by atoms with Crippen molar-refractivity contribution in [2.75, 3.05) is 0 Å². The highest BCUT2D eigenvalue weighted by Crippen LogP contribution is 2.53. The zero-order chi connectivity index (χ0) is 25.6. The van der Waals surface area contributed by atoms with Crippen LogP contribution in [-0.4, -0.2) is 4.40 Å². The Morgan fingerprint density at radius 3 is 2.03 bits per heavy atom. The average Bonchev–Trinajstić information content (AvgIpc) is 2.97. The highest BCUT2D eigenvalue weighted by molar-refractivity contribution is 6.09. The van der Waals surface area contributed by atoms with Gasteiger partial charge in [0.15, 0.2) is 16.6 Å². The first kappa shape index (κ1) is 21.2. The number of hydrogen-bond acceptors (Lipinski definition) is 3. The largest absolute Gasteiger partial charge is 0.454 e. The predicted octanol–water partition coefficient (Wildman–Crippen LogP) is 7.02. The summed E-state index contributed by atoms with van der Waals surface area (Å²) in [5.41, 5.74) is 4.55. The van der Waals surface area contributed by atoms with Crippen molar-refractivity contribution in [3.63, 3.8) is 0 Å². The maximum absolute atomic E-state index is 13.9. The molecule has 7 aromatic rings. The first-order valence-electron chi connectivity index (χ1n) is 12.7. The smallest absolute Gasteiger partial charge is 0.197 e. The van der Waals surface area contributed by atoms with Crippen molar-refractivity contribution in [1.29, 1.82) is 0 Å². The van der Waals surface area contributed by atoms with Gasteiger partial charge in [0.25, 0.3) is 0 Å². The summed E-state index contributed by atoms with van der Waals surface area (Å²) in [4.78, 5) is 27.5. The molecule has 5 aromatic carbocycles. The lowest BCUT2D eigenvalue weighted by atomic mass is 9.69. The zero-order valence-corrected chi connectivity index (χ0v) is 20.6. The van der Waals surface area contributed by atoms with E-state index >= 15 is 0 Å². The van der Waals surface area contributed by atoms with Gasteiger partial charge in [-0.05, 0) is 48.9 Å². The Morgan fingerprint density at radius 2 is 1.21 bits per heavy atom. The van der Waals surface area contributed by atoms with Gasteiger partial charge in [-0.15, -0.1) is 0 Å². The molecule has 1 aliphatic rings. The summed E-state index contributed by atoms with van der Waals surface area (Å²) in [7, 11) is 0. The molecule has 38 heavy (non-hydrogen) atoms. The molecule has 3 heterocycles. The lowest BCUT2D eigenvalue weighted by Gasteiger charge is -2.38. The van der Waals surface area contributed by atoms with Gasteiger partial charge in [0.05, 0.1) is 16.4 Å². The molecule has 4 heteroatoms. The van der Waals surface area contributed by atoms with Gasteiger partial charge in [0.2, 0.25) is 0 Å². The molecule has 0 saturated carbocycles. The summed E-state index contributed by atoms with van der Waals surface area (Å²) < 4.78 is 8.78. The van der Waals surface area contributed by atoms with Crippen molar-refractivity contribution < 1.29 is 4.74 Å². The number of benzene rings is 5. The molecule has 0 spiro atoms. The molecule has 0 aliphatic carbocycles. The maximum atomic E-state index is 13.9. The lowest BCUT2D eigenvalue weighted by molar-refractivity contribution is 0.431. The Labute approximate surface area is 217 Å². The van der Waals surface area contributed by atoms with E-state index in [9.17, 15) is 9.59 Å². The van der Waals surface area contributed by atoms with Crippen molar-refractivity contribution in [3.8, 4) is 11.5 Å². The summed E-state index contributed by atoms with van der Waals surface area (Å²) in [5, 5.41) is 2.23. The van der Waals surface area contributed by atoms with Crippen LogP contribution in [0.25, 0.3) is 38.1 Å². The van der Waals surface area contributed by atoms with E-state index < -0.39 is 5.41 Å². The van der Waals surface area contributed by atoms with Crippen LogP contribution in [0.5, 0.6) is 11.5 Å². The molecule has 4 nitrogen and oxygen atoms in total. The van der Waals surface area contributed by atoms with E-state index in [2.05, 4.69) is 41.7 Å². The van der Waals surface area contributed by atoms with Crippen LogP contribution < -0.4 is 15.6 Å². The van der Waals surface area contributed by atoms with Crippen LogP contribution in [0, 0.1) is 0 Å². The highest BCUT2D eigenvalue weighted by Gasteiger charge is 2.41. The van der Waals surface area contributed by atoms with Gasteiger partial charge in [0.1, 0.15) is 11.3 Å². The topological polar surface area (TPSA) is 47.8 Å². The van der Waals surface area contributed by atoms with Crippen molar-refractivity contribution >= 4 is 38.1 Å². The first-order valence-corrected chi connectivity index (χ1v) is 12.7. The van der Waals surface area contributed by atoms with Gasteiger partial charge < -0.3 is 9.14 Å². The number of ether oxygens (including phenoxy) is 1. The molecule has 0 saturated heterocycles. The molecule has 1 unspecified atom stereocenters. The molecule has 0 bridgehead atoms. The minimum Gasteiger partial charge on any atom is -0.454 e. The number of rotatable bonds is 1. The number of pyridine rings is 2. The van der Waals surface area contributed by atoms with E-state index in [0.717, 1.165) is 28.0 Å². The molecule has 0 radical (unpaired) electrons. The Balaban J connectivity index is 1.66. The Morgan fingerprint density at radius 1 is 0.579 bits per heavy atom. The molecule has 0 N–H and O–H groups in total. The predicted molar refractivity (Wildman–Crippen MR) is 152 cm³/mol. The van der Waals surface area contributed by atoms with Crippen LogP contribution in [-0.2, 0) is 5.41 Å². The van der Waals surface area contributed by atoms with Gasteiger partial charge in [-0.1, -0.05) is 72.8 Å². The summed E-state index contributed by atoms with van der Waals surface area (Å²) >= 11 is 0. The summed E-state index contributed by atoms with van der Waals surface area (Å²) in [6.45, 7) is 2.21. The van der Waals surface area contributed by atoms with Crippen molar-refractivity contribution in [1.82, 2.24) is 4.40 Å². The minimum atomic E-state index is -0.519. The molecular formula is C34H21NO3. The van der Waals surface area contributed by atoms with Crippen molar-refractivity contribution in [2.24, 2.45) is 0 Å². The normalized spacial score (nSPS) is 16.6. The third kappa shape index (κ3) is 2.49. The maximum Gasteiger partial charge on any atom is 0.197 e. The molecule has 0 fully saturated rings. The second-order valence-corrected chi connectivity index (χ2v) is 10.1. The van der Waals surface area contributed by atoms with Gasteiger partial charge in [-0.3, -0.25) is 9.59 Å². The number of fused-ring (bicyclic) bond motifs is 7.